The Labute approximate surface area is 168 Å². The van der Waals surface area contributed by atoms with Gasteiger partial charge in [-0.2, -0.15) is 0 Å². The summed E-state index contributed by atoms with van der Waals surface area (Å²) in [6, 6.07) is 32.6. The van der Waals surface area contributed by atoms with Gasteiger partial charge in [-0.15, -0.1) is 5.73 Å². The molecule has 138 valence electrons. The molecule has 3 aromatic rings. The Bertz CT molecular complexity index is 958. The summed E-state index contributed by atoms with van der Waals surface area (Å²) in [6.45, 7) is 0. The van der Waals surface area contributed by atoms with Crippen LogP contribution in [0, 0.1) is 5.41 Å². The first-order chi connectivity index (χ1) is 13.9. The largest absolute Gasteiger partial charge is 0.111 e. The van der Waals surface area contributed by atoms with Crippen molar-refractivity contribution in [1.29, 1.82) is 0 Å². The highest BCUT2D eigenvalue weighted by Gasteiger charge is 2.60. The van der Waals surface area contributed by atoms with Crippen molar-refractivity contribution in [3.8, 4) is 0 Å². The van der Waals surface area contributed by atoms with Gasteiger partial charge in [-0.05, 0) is 35.1 Å². The predicted molar refractivity (Wildman–Crippen MR) is 117 cm³/mol. The van der Waals surface area contributed by atoms with Crippen LogP contribution in [-0.2, 0) is 0 Å². The molecule has 0 heterocycles. The van der Waals surface area contributed by atoms with Gasteiger partial charge in [0.05, 0.1) is 0 Å². The maximum atomic E-state index is 3.97. The molecule has 2 fully saturated rings. The maximum absolute atomic E-state index is 3.97. The first-order valence-electron chi connectivity index (χ1n) is 10.6. The van der Waals surface area contributed by atoms with Crippen LogP contribution >= 0.6 is 0 Å². The maximum Gasteiger partial charge on any atom is 0.0309 e. The molecular formula is C28H26. The highest BCUT2D eigenvalue weighted by Crippen LogP contribution is 2.70. The minimum Gasteiger partial charge on any atom is -0.111 e. The number of allylic oxidation sites excluding steroid dienone is 1. The zero-order chi connectivity index (χ0) is 18.8. The quantitative estimate of drug-likeness (QED) is 0.426. The molecule has 0 bridgehead atoms. The van der Waals surface area contributed by atoms with Crippen molar-refractivity contribution in [2.24, 2.45) is 5.41 Å². The molecule has 2 aliphatic carbocycles. The van der Waals surface area contributed by atoms with E-state index in [1.54, 1.807) is 0 Å². The average molecular weight is 363 g/mol. The number of rotatable bonds is 3. The Morgan fingerprint density at radius 1 is 0.643 bits per heavy atom. The molecule has 2 aliphatic rings. The minimum atomic E-state index is 0.342. The Morgan fingerprint density at radius 2 is 1.14 bits per heavy atom. The molecule has 0 amide bonds. The summed E-state index contributed by atoms with van der Waals surface area (Å²) in [5.74, 6) is 0.538. The van der Waals surface area contributed by atoms with E-state index in [1.165, 1.54) is 59.9 Å². The fraction of sp³-hybridized carbons (Fsp3) is 0.250. The van der Waals surface area contributed by atoms with Crippen LogP contribution in [0.15, 0.2) is 102 Å². The zero-order valence-electron chi connectivity index (χ0n) is 16.3. The van der Waals surface area contributed by atoms with Crippen molar-refractivity contribution < 1.29 is 0 Å². The first-order valence-corrected chi connectivity index (χ1v) is 10.6. The molecule has 1 unspecified atom stereocenters. The highest BCUT2D eigenvalue weighted by atomic mass is 14.6. The molecule has 5 rings (SSSR count). The molecule has 0 radical (unpaired) electrons. The molecule has 0 heteroatoms. The van der Waals surface area contributed by atoms with E-state index in [1.807, 2.05) is 0 Å². The second-order valence-corrected chi connectivity index (χ2v) is 8.21. The first kappa shape index (κ1) is 17.3. The molecule has 0 aromatic heterocycles. The van der Waals surface area contributed by atoms with E-state index in [2.05, 4.69) is 96.7 Å². The Kier molecular flexibility index (Phi) is 4.51. The van der Waals surface area contributed by atoms with Gasteiger partial charge in [0.1, 0.15) is 0 Å². The summed E-state index contributed by atoms with van der Waals surface area (Å²) in [5, 5.41) is 0. The third-order valence-corrected chi connectivity index (χ3v) is 6.56. The third-order valence-electron chi connectivity index (χ3n) is 6.56. The highest BCUT2D eigenvalue weighted by molar-refractivity contribution is 5.80. The summed E-state index contributed by atoms with van der Waals surface area (Å²) in [6.07, 6.45) is 6.70. The molecular weight excluding hydrogens is 336 g/mol. The van der Waals surface area contributed by atoms with Crippen molar-refractivity contribution in [1.82, 2.24) is 0 Å². The summed E-state index contributed by atoms with van der Waals surface area (Å²) in [7, 11) is 0. The van der Waals surface area contributed by atoms with Crippen LogP contribution in [-0.4, -0.2) is 0 Å². The van der Waals surface area contributed by atoms with E-state index < -0.39 is 0 Å². The number of benzene rings is 3. The SMILES string of the molecule is C(=C(c1ccccc1)c1ccccc1)=C1C(c2ccccc2)C12CCCCC2. The second-order valence-electron chi connectivity index (χ2n) is 8.21. The summed E-state index contributed by atoms with van der Waals surface area (Å²) in [4.78, 5) is 0. The smallest absolute Gasteiger partial charge is 0.0309 e. The van der Waals surface area contributed by atoms with Crippen LogP contribution in [0.1, 0.15) is 54.7 Å². The van der Waals surface area contributed by atoms with Gasteiger partial charge in [-0.3, -0.25) is 0 Å². The van der Waals surface area contributed by atoms with Crippen LogP contribution < -0.4 is 0 Å². The van der Waals surface area contributed by atoms with Crippen LogP contribution in [0.3, 0.4) is 0 Å². The lowest BCUT2D eigenvalue weighted by Gasteiger charge is -2.21. The predicted octanol–water partition coefficient (Wildman–Crippen LogP) is 7.39. The van der Waals surface area contributed by atoms with Gasteiger partial charge in [-0.1, -0.05) is 110 Å². The van der Waals surface area contributed by atoms with Crippen LogP contribution in [0.2, 0.25) is 0 Å². The van der Waals surface area contributed by atoms with Gasteiger partial charge in [-0.25, -0.2) is 0 Å². The number of hydrogen-bond acceptors (Lipinski definition) is 0. The molecule has 3 aromatic carbocycles. The molecule has 0 nitrogen and oxygen atoms in total. The monoisotopic (exact) mass is 362 g/mol. The lowest BCUT2D eigenvalue weighted by molar-refractivity contribution is 0.340. The normalized spacial score (nSPS) is 19.9. The van der Waals surface area contributed by atoms with Crippen LogP contribution in [0.25, 0.3) is 5.57 Å². The van der Waals surface area contributed by atoms with E-state index >= 15 is 0 Å². The van der Waals surface area contributed by atoms with E-state index in [0.717, 1.165) is 0 Å². The zero-order valence-corrected chi connectivity index (χ0v) is 16.3. The van der Waals surface area contributed by atoms with Gasteiger partial charge in [0, 0.05) is 16.9 Å². The Hall–Kier alpha value is -2.82. The Morgan fingerprint density at radius 3 is 1.68 bits per heavy atom. The molecule has 2 saturated carbocycles. The topological polar surface area (TPSA) is 0 Å². The van der Waals surface area contributed by atoms with Crippen molar-refractivity contribution in [2.75, 3.05) is 0 Å². The van der Waals surface area contributed by atoms with E-state index in [9.17, 15) is 0 Å². The molecule has 0 saturated heterocycles. The second kappa shape index (κ2) is 7.30. The van der Waals surface area contributed by atoms with Crippen molar-refractivity contribution in [2.45, 2.75) is 38.0 Å². The molecule has 28 heavy (non-hydrogen) atoms. The fourth-order valence-corrected chi connectivity index (χ4v) is 5.14. The van der Waals surface area contributed by atoms with Crippen LogP contribution in [0.5, 0.6) is 0 Å². The fourth-order valence-electron chi connectivity index (χ4n) is 5.14. The minimum absolute atomic E-state index is 0.342. The molecule has 1 atom stereocenters. The van der Waals surface area contributed by atoms with E-state index in [0.29, 0.717) is 11.3 Å². The number of hydrogen-bond donors (Lipinski definition) is 0. The van der Waals surface area contributed by atoms with Gasteiger partial charge in [0.25, 0.3) is 0 Å². The van der Waals surface area contributed by atoms with Gasteiger partial charge >= 0.3 is 0 Å². The standard InChI is InChI=1S/C28H26/c1-5-13-22(14-6-1)25(23-15-7-2-8-16-23)21-26-27(24-17-9-3-10-18-24)28(26)19-11-4-12-20-28/h1-3,5-10,13-18,27H,4,11-12,19-20H2. The molecule has 1 spiro atoms. The summed E-state index contributed by atoms with van der Waals surface area (Å²) < 4.78 is 0. The molecule has 0 aliphatic heterocycles. The van der Waals surface area contributed by atoms with Crippen molar-refractivity contribution >= 4 is 5.57 Å². The Balaban J connectivity index is 1.70. The van der Waals surface area contributed by atoms with E-state index in [4.69, 9.17) is 0 Å². The van der Waals surface area contributed by atoms with Crippen LogP contribution in [0.4, 0.5) is 0 Å². The molecule has 0 N–H and O–H groups in total. The lowest BCUT2D eigenvalue weighted by Crippen LogP contribution is -2.09. The van der Waals surface area contributed by atoms with Crippen molar-refractivity contribution in [3.05, 3.63) is 119 Å². The van der Waals surface area contributed by atoms with Crippen molar-refractivity contribution in [3.63, 3.8) is 0 Å². The van der Waals surface area contributed by atoms with E-state index in [-0.39, 0.29) is 0 Å². The van der Waals surface area contributed by atoms with Gasteiger partial charge < -0.3 is 0 Å². The van der Waals surface area contributed by atoms with Gasteiger partial charge in [0.2, 0.25) is 0 Å². The third kappa shape index (κ3) is 3.05. The average Bonchev–Trinajstić information content (AvgIpc) is 3.38. The van der Waals surface area contributed by atoms with Gasteiger partial charge in [0.15, 0.2) is 0 Å². The lowest BCUT2D eigenvalue weighted by atomic mass is 9.82. The summed E-state index contributed by atoms with van der Waals surface area (Å²) in [5.41, 5.74) is 11.0. The summed E-state index contributed by atoms with van der Waals surface area (Å²) >= 11 is 0.